The highest BCUT2D eigenvalue weighted by Crippen LogP contribution is 2.20. The molecule has 5 nitrogen and oxygen atoms in total. The number of hydrogen-bond donors (Lipinski definition) is 1. The standard InChI is InChI=1S/C18H13N5/c19-10-14-9-13-5-1-2-6-16(13)22-18(14)21-12-15-11-20-17-7-3-4-8-23(15)17/h1-9,11H,12H2,(H,21,22). The lowest BCUT2D eigenvalue weighted by molar-refractivity contribution is 0.995. The summed E-state index contributed by atoms with van der Waals surface area (Å²) in [6.07, 6.45) is 3.80. The molecule has 110 valence electrons. The molecule has 3 aromatic heterocycles. The molecule has 0 atom stereocenters. The first kappa shape index (κ1) is 13.3. The molecule has 0 fully saturated rings. The summed E-state index contributed by atoms with van der Waals surface area (Å²) >= 11 is 0. The Bertz CT molecular complexity index is 1040. The monoisotopic (exact) mass is 299 g/mol. The molecule has 4 rings (SSSR count). The van der Waals surface area contributed by atoms with Gasteiger partial charge in [-0.2, -0.15) is 5.26 Å². The first-order chi connectivity index (χ1) is 11.3. The van der Waals surface area contributed by atoms with E-state index >= 15 is 0 Å². The Morgan fingerprint density at radius 1 is 1.13 bits per heavy atom. The van der Waals surface area contributed by atoms with Gasteiger partial charge in [0.15, 0.2) is 0 Å². The van der Waals surface area contributed by atoms with Gasteiger partial charge in [-0.25, -0.2) is 9.97 Å². The first-order valence-corrected chi connectivity index (χ1v) is 7.30. The molecule has 0 saturated carbocycles. The molecule has 0 aliphatic heterocycles. The summed E-state index contributed by atoms with van der Waals surface area (Å²) in [5.41, 5.74) is 3.32. The number of benzene rings is 1. The summed E-state index contributed by atoms with van der Waals surface area (Å²) in [4.78, 5) is 8.92. The summed E-state index contributed by atoms with van der Waals surface area (Å²) in [5.74, 6) is 0.595. The summed E-state index contributed by atoms with van der Waals surface area (Å²) in [7, 11) is 0. The Labute approximate surface area is 132 Å². The lowest BCUT2D eigenvalue weighted by atomic mass is 10.1. The second-order valence-corrected chi connectivity index (χ2v) is 5.22. The Hall–Kier alpha value is -3.39. The third-order valence-corrected chi connectivity index (χ3v) is 3.78. The maximum atomic E-state index is 9.36. The first-order valence-electron chi connectivity index (χ1n) is 7.30. The minimum absolute atomic E-state index is 0.539. The van der Waals surface area contributed by atoms with E-state index in [1.54, 1.807) is 0 Å². The van der Waals surface area contributed by atoms with Crippen molar-refractivity contribution >= 4 is 22.4 Å². The second kappa shape index (κ2) is 5.43. The van der Waals surface area contributed by atoms with E-state index in [2.05, 4.69) is 21.4 Å². The number of fused-ring (bicyclic) bond motifs is 2. The number of pyridine rings is 2. The van der Waals surface area contributed by atoms with Crippen molar-refractivity contribution < 1.29 is 0 Å². The zero-order valence-corrected chi connectivity index (χ0v) is 12.3. The van der Waals surface area contributed by atoms with Crippen LogP contribution >= 0.6 is 0 Å². The molecule has 5 heteroatoms. The largest absolute Gasteiger partial charge is 0.363 e. The van der Waals surface area contributed by atoms with Crippen LogP contribution in [0.3, 0.4) is 0 Å². The third-order valence-electron chi connectivity index (χ3n) is 3.78. The molecule has 0 aliphatic carbocycles. The molecule has 0 aliphatic rings. The van der Waals surface area contributed by atoms with Crippen LogP contribution < -0.4 is 5.32 Å². The van der Waals surface area contributed by atoms with E-state index in [1.807, 2.05) is 65.3 Å². The number of anilines is 1. The van der Waals surface area contributed by atoms with Crippen molar-refractivity contribution in [2.75, 3.05) is 5.32 Å². The number of nitrogens with one attached hydrogen (secondary N) is 1. The SMILES string of the molecule is N#Cc1cc2ccccc2nc1NCc1cnc2ccccn12. The maximum Gasteiger partial charge on any atom is 0.144 e. The molecular formula is C18H13N5. The summed E-state index contributed by atoms with van der Waals surface area (Å²) in [5, 5.41) is 13.6. The molecule has 0 saturated heterocycles. The van der Waals surface area contributed by atoms with Crippen molar-refractivity contribution in [2.45, 2.75) is 6.54 Å². The van der Waals surface area contributed by atoms with Gasteiger partial charge in [0.05, 0.1) is 29.5 Å². The number of aromatic nitrogens is 3. The topological polar surface area (TPSA) is 66.0 Å². The fraction of sp³-hybridized carbons (Fsp3) is 0.0556. The molecule has 0 radical (unpaired) electrons. The lowest BCUT2D eigenvalue weighted by Crippen LogP contribution is -2.05. The summed E-state index contributed by atoms with van der Waals surface area (Å²) < 4.78 is 2.01. The molecule has 4 aromatic rings. The fourth-order valence-corrected chi connectivity index (χ4v) is 2.63. The van der Waals surface area contributed by atoms with Gasteiger partial charge in [0.1, 0.15) is 17.5 Å². The van der Waals surface area contributed by atoms with Gasteiger partial charge in [0.2, 0.25) is 0 Å². The van der Waals surface area contributed by atoms with Gasteiger partial charge < -0.3 is 9.72 Å². The third kappa shape index (κ3) is 2.36. The van der Waals surface area contributed by atoms with Crippen LogP contribution in [0, 0.1) is 11.3 Å². The zero-order chi connectivity index (χ0) is 15.6. The average molecular weight is 299 g/mol. The number of hydrogen-bond acceptors (Lipinski definition) is 4. The van der Waals surface area contributed by atoms with Crippen LogP contribution in [0.1, 0.15) is 11.3 Å². The number of nitriles is 1. The average Bonchev–Trinajstić information content (AvgIpc) is 3.02. The quantitative estimate of drug-likeness (QED) is 0.630. The molecule has 0 bridgehead atoms. The minimum Gasteiger partial charge on any atom is -0.363 e. The molecule has 0 spiro atoms. The molecule has 3 heterocycles. The van der Waals surface area contributed by atoms with Gasteiger partial charge in [0.25, 0.3) is 0 Å². The van der Waals surface area contributed by atoms with Crippen molar-refractivity contribution in [3.05, 3.63) is 72.2 Å². The van der Waals surface area contributed by atoms with Gasteiger partial charge in [-0.05, 0) is 24.3 Å². The van der Waals surface area contributed by atoms with E-state index < -0.39 is 0 Å². The molecule has 23 heavy (non-hydrogen) atoms. The summed E-state index contributed by atoms with van der Waals surface area (Å²) in [6.45, 7) is 0.547. The molecular weight excluding hydrogens is 286 g/mol. The van der Waals surface area contributed by atoms with E-state index in [0.717, 1.165) is 22.2 Å². The Kier molecular flexibility index (Phi) is 3.13. The van der Waals surface area contributed by atoms with Crippen LogP contribution in [0.2, 0.25) is 0 Å². The second-order valence-electron chi connectivity index (χ2n) is 5.22. The van der Waals surface area contributed by atoms with Gasteiger partial charge in [-0.3, -0.25) is 0 Å². The highest BCUT2D eigenvalue weighted by Gasteiger charge is 2.08. The van der Waals surface area contributed by atoms with Gasteiger partial charge >= 0.3 is 0 Å². The highest BCUT2D eigenvalue weighted by molar-refractivity contribution is 5.82. The zero-order valence-electron chi connectivity index (χ0n) is 12.3. The molecule has 0 unspecified atom stereocenters. The van der Waals surface area contributed by atoms with E-state index in [9.17, 15) is 5.26 Å². The van der Waals surface area contributed by atoms with Crippen molar-refractivity contribution in [1.82, 2.24) is 14.4 Å². The van der Waals surface area contributed by atoms with Crippen LogP contribution in [0.4, 0.5) is 5.82 Å². The van der Waals surface area contributed by atoms with Crippen LogP contribution in [-0.2, 0) is 6.54 Å². The minimum atomic E-state index is 0.539. The Morgan fingerprint density at radius 2 is 2.00 bits per heavy atom. The van der Waals surface area contributed by atoms with E-state index in [-0.39, 0.29) is 0 Å². The predicted octanol–water partition coefficient (Wildman–Crippen LogP) is 3.37. The van der Waals surface area contributed by atoms with Crippen LogP contribution in [0.25, 0.3) is 16.6 Å². The predicted molar refractivity (Wildman–Crippen MR) is 89.0 cm³/mol. The van der Waals surface area contributed by atoms with Crippen LogP contribution in [0.15, 0.2) is 60.9 Å². The lowest BCUT2D eigenvalue weighted by Gasteiger charge is -2.08. The van der Waals surface area contributed by atoms with Gasteiger partial charge in [0, 0.05) is 11.6 Å². The Morgan fingerprint density at radius 3 is 2.91 bits per heavy atom. The summed E-state index contributed by atoms with van der Waals surface area (Å²) in [6, 6.07) is 17.7. The number of imidazole rings is 1. The van der Waals surface area contributed by atoms with E-state index in [4.69, 9.17) is 0 Å². The molecule has 1 N–H and O–H groups in total. The van der Waals surface area contributed by atoms with Gasteiger partial charge in [-0.15, -0.1) is 0 Å². The van der Waals surface area contributed by atoms with Crippen LogP contribution in [0.5, 0.6) is 0 Å². The van der Waals surface area contributed by atoms with Crippen molar-refractivity contribution in [3.63, 3.8) is 0 Å². The van der Waals surface area contributed by atoms with Crippen molar-refractivity contribution in [2.24, 2.45) is 0 Å². The van der Waals surface area contributed by atoms with E-state index in [1.165, 1.54) is 0 Å². The van der Waals surface area contributed by atoms with Gasteiger partial charge in [-0.1, -0.05) is 24.3 Å². The Balaban J connectivity index is 1.68. The van der Waals surface area contributed by atoms with Crippen LogP contribution in [-0.4, -0.2) is 14.4 Å². The number of para-hydroxylation sites is 1. The van der Waals surface area contributed by atoms with E-state index in [0.29, 0.717) is 17.9 Å². The van der Waals surface area contributed by atoms with Crippen molar-refractivity contribution in [3.8, 4) is 6.07 Å². The number of nitrogens with zero attached hydrogens (tertiary/aromatic N) is 4. The molecule has 1 aromatic carbocycles. The highest BCUT2D eigenvalue weighted by atomic mass is 15.1. The number of rotatable bonds is 3. The smallest absolute Gasteiger partial charge is 0.144 e. The molecule has 0 amide bonds. The normalized spacial score (nSPS) is 10.7. The fourth-order valence-electron chi connectivity index (χ4n) is 2.63. The maximum absolute atomic E-state index is 9.36. The van der Waals surface area contributed by atoms with Crippen molar-refractivity contribution in [1.29, 1.82) is 5.26 Å².